The molecule has 4 heterocycles. The number of nitrogens with zero attached hydrogens (tertiary/aromatic N) is 3. The maximum atomic E-state index is 12.8. The lowest BCUT2D eigenvalue weighted by Crippen LogP contribution is -2.69. The highest BCUT2D eigenvalue weighted by Crippen LogP contribution is 2.37. The molecule has 3 aliphatic heterocycles. The van der Waals surface area contributed by atoms with Crippen LogP contribution in [0.5, 0.6) is 11.6 Å². The summed E-state index contributed by atoms with van der Waals surface area (Å²) in [6, 6.07) is 7.83. The third-order valence-corrected chi connectivity index (χ3v) is 5.47. The van der Waals surface area contributed by atoms with E-state index in [1.165, 1.54) is 0 Å². The van der Waals surface area contributed by atoms with Crippen LogP contribution >= 0.6 is 0 Å². The number of carbonyl (C=O) groups excluding carboxylic acids is 1. The quantitative estimate of drug-likeness (QED) is 0.821. The van der Waals surface area contributed by atoms with Crippen molar-refractivity contribution in [2.45, 2.75) is 37.1 Å². The molecular formula is C20H21N3O4. The molecule has 27 heavy (non-hydrogen) atoms. The minimum absolute atomic E-state index is 0.0275. The first-order chi connectivity index (χ1) is 13.2. The van der Waals surface area contributed by atoms with Gasteiger partial charge < -0.3 is 19.1 Å². The van der Waals surface area contributed by atoms with Crippen molar-refractivity contribution in [3.63, 3.8) is 0 Å². The Morgan fingerprint density at radius 1 is 1.26 bits per heavy atom. The highest BCUT2D eigenvalue weighted by molar-refractivity contribution is 5.83. The molecular weight excluding hydrogens is 346 g/mol. The molecule has 2 aromatic rings. The molecule has 140 valence electrons. The van der Waals surface area contributed by atoms with Gasteiger partial charge in [-0.25, -0.2) is 4.98 Å². The van der Waals surface area contributed by atoms with Crippen LogP contribution in [0, 0.1) is 0 Å². The van der Waals surface area contributed by atoms with Crippen molar-refractivity contribution >= 4 is 5.91 Å². The monoisotopic (exact) mass is 367 g/mol. The largest absolute Gasteiger partial charge is 0.480 e. The van der Waals surface area contributed by atoms with E-state index in [9.17, 15) is 4.79 Å². The van der Waals surface area contributed by atoms with E-state index in [4.69, 9.17) is 14.2 Å². The normalized spacial score (nSPS) is 25.4. The van der Waals surface area contributed by atoms with Gasteiger partial charge >= 0.3 is 0 Å². The third-order valence-electron chi connectivity index (χ3n) is 5.47. The summed E-state index contributed by atoms with van der Waals surface area (Å²) >= 11 is 0. The first kappa shape index (κ1) is 16.5. The minimum Gasteiger partial charge on any atom is -0.480 e. The van der Waals surface area contributed by atoms with Crippen molar-refractivity contribution < 1.29 is 19.0 Å². The fourth-order valence-corrected chi connectivity index (χ4v) is 4.15. The Labute approximate surface area is 157 Å². The predicted molar refractivity (Wildman–Crippen MR) is 95.5 cm³/mol. The average molecular weight is 367 g/mol. The van der Waals surface area contributed by atoms with Crippen LogP contribution < -0.4 is 9.47 Å². The number of hydrogen-bond donors (Lipinski definition) is 0. The zero-order chi connectivity index (χ0) is 18.3. The number of hydrogen-bond acceptors (Lipinski definition) is 6. The van der Waals surface area contributed by atoms with Crippen LogP contribution in [0.15, 0.2) is 42.9 Å². The third kappa shape index (κ3) is 3.12. The van der Waals surface area contributed by atoms with Gasteiger partial charge in [0.05, 0.1) is 25.9 Å². The molecule has 2 fully saturated rings. The number of aromatic nitrogens is 2. The summed E-state index contributed by atoms with van der Waals surface area (Å²) in [6.45, 7) is 1.79. The number of carbonyl (C=O) groups is 1. The predicted octanol–water partition coefficient (Wildman–Crippen LogP) is 1.62. The lowest BCUT2D eigenvalue weighted by molar-refractivity contribution is -0.196. The van der Waals surface area contributed by atoms with Crippen LogP contribution in [-0.2, 0) is 16.0 Å². The van der Waals surface area contributed by atoms with Crippen molar-refractivity contribution in [1.82, 2.24) is 14.9 Å². The van der Waals surface area contributed by atoms with Crippen LogP contribution in [-0.4, -0.2) is 58.3 Å². The molecule has 1 aromatic carbocycles. The summed E-state index contributed by atoms with van der Waals surface area (Å²) in [5.74, 6) is 1.39. The van der Waals surface area contributed by atoms with Crippen LogP contribution in [0.2, 0.25) is 0 Å². The Morgan fingerprint density at radius 3 is 2.96 bits per heavy atom. The summed E-state index contributed by atoms with van der Waals surface area (Å²) in [6.07, 6.45) is 6.66. The van der Waals surface area contributed by atoms with E-state index in [-0.39, 0.29) is 17.6 Å². The van der Waals surface area contributed by atoms with E-state index in [1.54, 1.807) is 18.6 Å². The second-order valence-electron chi connectivity index (χ2n) is 7.42. The molecule has 0 bridgehead atoms. The fraction of sp³-hybridized carbons (Fsp3) is 0.450. The number of benzene rings is 1. The van der Waals surface area contributed by atoms with Gasteiger partial charge in [0.2, 0.25) is 5.88 Å². The van der Waals surface area contributed by atoms with Crippen molar-refractivity contribution in [3.05, 3.63) is 48.4 Å². The molecule has 7 nitrogen and oxygen atoms in total. The fourth-order valence-electron chi connectivity index (χ4n) is 4.15. The Balaban J connectivity index is 1.18. The number of fused-ring (bicyclic) bond motifs is 1. The highest BCUT2D eigenvalue weighted by atomic mass is 16.5. The lowest BCUT2D eigenvalue weighted by atomic mass is 9.84. The number of para-hydroxylation sites is 1. The molecule has 0 aliphatic carbocycles. The molecule has 3 aliphatic rings. The Bertz CT molecular complexity index is 813. The summed E-state index contributed by atoms with van der Waals surface area (Å²) in [5.41, 5.74) is 0.782. The Kier molecular flexibility index (Phi) is 3.97. The smallest absolute Gasteiger partial charge is 0.264 e. The second kappa shape index (κ2) is 6.49. The number of rotatable bonds is 3. The van der Waals surface area contributed by atoms with Crippen LogP contribution in [0.1, 0.15) is 18.4 Å². The Hall–Kier alpha value is -2.67. The van der Waals surface area contributed by atoms with Gasteiger partial charge in [-0.2, -0.15) is 0 Å². The van der Waals surface area contributed by atoms with E-state index in [1.807, 2.05) is 29.2 Å². The summed E-state index contributed by atoms with van der Waals surface area (Å²) in [5, 5.41) is 0. The average Bonchev–Trinajstić information content (AvgIpc) is 3.11. The number of likely N-dealkylation sites (tertiary alicyclic amines) is 1. The van der Waals surface area contributed by atoms with E-state index < -0.39 is 6.10 Å². The first-order valence-electron chi connectivity index (χ1n) is 9.31. The zero-order valence-corrected chi connectivity index (χ0v) is 14.9. The van der Waals surface area contributed by atoms with Gasteiger partial charge in [-0.05, 0) is 11.6 Å². The highest BCUT2D eigenvalue weighted by Gasteiger charge is 2.51. The van der Waals surface area contributed by atoms with Gasteiger partial charge in [0.25, 0.3) is 5.91 Å². The molecule has 0 radical (unpaired) electrons. The Morgan fingerprint density at radius 2 is 2.15 bits per heavy atom. The molecule has 2 saturated heterocycles. The van der Waals surface area contributed by atoms with Crippen LogP contribution in [0.4, 0.5) is 0 Å². The van der Waals surface area contributed by atoms with Gasteiger partial charge in [0.1, 0.15) is 17.5 Å². The van der Waals surface area contributed by atoms with E-state index in [0.717, 1.165) is 24.2 Å². The second-order valence-corrected chi connectivity index (χ2v) is 7.42. The van der Waals surface area contributed by atoms with Crippen molar-refractivity contribution in [3.8, 4) is 11.6 Å². The molecule has 7 heteroatoms. The maximum Gasteiger partial charge on any atom is 0.264 e. The van der Waals surface area contributed by atoms with Crippen LogP contribution in [0.25, 0.3) is 0 Å². The van der Waals surface area contributed by atoms with E-state index in [2.05, 4.69) is 9.97 Å². The van der Waals surface area contributed by atoms with Crippen molar-refractivity contribution in [1.29, 1.82) is 0 Å². The van der Waals surface area contributed by atoms with Crippen molar-refractivity contribution in [2.75, 3.05) is 19.7 Å². The molecule has 2 unspecified atom stereocenters. The summed E-state index contributed by atoms with van der Waals surface area (Å²) < 4.78 is 17.8. The molecule has 1 amide bonds. The topological polar surface area (TPSA) is 73.8 Å². The minimum atomic E-state index is -0.421. The standard InChI is InChI=1S/C20H21N3O4/c24-19(17-9-14-3-1-2-4-16(14)27-17)23-12-20(13-23)10-15(5-8-25-20)26-18-11-21-6-7-22-18/h1-4,6-7,11,15,17H,5,8-10,12-13H2. The van der Waals surface area contributed by atoms with Gasteiger partial charge in [-0.3, -0.25) is 9.78 Å². The molecule has 0 saturated carbocycles. The number of amides is 1. The van der Waals surface area contributed by atoms with Crippen molar-refractivity contribution in [2.24, 2.45) is 0 Å². The van der Waals surface area contributed by atoms with Gasteiger partial charge in [0, 0.05) is 31.7 Å². The molecule has 2 atom stereocenters. The van der Waals surface area contributed by atoms with Gasteiger partial charge in [0.15, 0.2) is 6.10 Å². The molecule has 5 rings (SSSR count). The SMILES string of the molecule is O=C(C1Cc2ccccc2O1)N1CC2(CC(Oc3cnccn3)CCO2)C1. The molecule has 1 spiro atoms. The van der Waals surface area contributed by atoms with Gasteiger partial charge in [-0.1, -0.05) is 18.2 Å². The number of ether oxygens (including phenoxy) is 3. The van der Waals surface area contributed by atoms with E-state index in [0.29, 0.717) is 32.0 Å². The maximum absolute atomic E-state index is 12.8. The zero-order valence-electron chi connectivity index (χ0n) is 14.9. The lowest BCUT2D eigenvalue weighted by Gasteiger charge is -2.53. The van der Waals surface area contributed by atoms with Crippen LogP contribution in [0.3, 0.4) is 0 Å². The summed E-state index contributed by atoms with van der Waals surface area (Å²) in [7, 11) is 0. The van der Waals surface area contributed by atoms with E-state index >= 15 is 0 Å². The van der Waals surface area contributed by atoms with Gasteiger partial charge in [-0.15, -0.1) is 0 Å². The summed E-state index contributed by atoms with van der Waals surface area (Å²) in [4.78, 5) is 22.8. The first-order valence-corrected chi connectivity index (χ1v) is 9.31. The molecule has 1 aromatic heterocycles. The molecule has 0 N–H and O–H groups in total.